The molecule has 0 spiro atoms. The summed E-state index contributed by atoms with van der Waals surface area (Å²) in [5.41, 5.74) is 0.207. The number of halogens is 1. The molecule has 1 atom stereocenters. The van der Waals surface area contributed by atoms with Crippen LogP contribution in [0.5, 0.6) is 11.5 Å². The normalized spacial score (nSPS) is 15.9. The van der Waals surface area contributed by atoms with Crippen LogP contribution in [0.25, 0.3) is 0 Å². The zero-order valence-electron chi connectivity index (χ0n) is 14.8. The summed E-state index contributed by atoms with van der Waals surface area (Å²) in [7, 11) is 2.92. The predicted molar refractivity (Wildman–Crippen MR) is 94.5 cm³/mol. The van der Waals surface area contributed by atoms with Crippen LogP contribution >= 0.6 is 11.6 Å². The van der Waals surface area contributed by atoms with Gasteiger partial charge in [0.2, 0.25) is 0 Å². The van der Waals surface area contributed by atoms with Crippen molar-refractivity contribution in [2.75, 3.05) is 27.3 Å². The predicted octanol–water partition coefficient (Wildman–Crippen LogP) is 3.31. The van der Waals surface area contributed by atoms with E-state index in [2.05, 4.69) is 0 Å². The number of nitrogens with zero attached hydrogens (tertiary/aromatic N) is 1. The van der Waals surface area contributed by atoms with E-state index in [9.17, 15) is 9.59 Å². The molecule has 1 amide bonds. The molecule has 0 aliphatic carbocycles. The molecule has 0 N–H and O–H groups in total. The molecule has 1 heterocycles. The van der Waals surface area contributed by atoms with E-state index in [0.717, 1.165) is 25.7 Å². The third-order valence-electron chi connectivity index (χ3n) is 4.22. The Morgan fingerprint density at radius 1 is 1.08 bits per heavy atom. The Hall–Kier alpha value is -1.95. The van der Waals surface area contributed by atoms with Crippen molar-refractivity contribution >= 4 is 23.5 Å². The molecule has 1 aromatic carbocycles. The summed E-state index contributed by atoms with van der Waals surface area (Å²) in [5, 5.41) is 0.236. The Morgan fingerprint density at radius 3 is 2.28 bits per heavy atom. The van der Waals surface area contributed by atoms with Gasteiger partial charge in [0, 0.05) is 13.1 Å². The van der Waals surface area contributed by atoms with E-state index >= 15 is 0 Å². The van der Waals surface area contributed by atoms with Gasteiger partial charge in [0.05, 0.1) is 24.8 Å². The number of benzene rings is 1. The fraction of sp³-hybridized carbons (Fsp3) is 0.556. The minimum Gasteiger partial charge on any atom is -0.493 e. The van der Waals surface area contributed by atoms with Crippen molar-refractivity contribution in [2.24, 2.45) is 0 Å². The first-order valence-electron chi connectivity index (χ1n) is 8.39. The van der Waals surface area contributed by atoms with E-state index in [1.54, 1.807) is 11.8 Å². The Balaban J connectivity index is 2.08. The summed E-state index contributed by atoms with van der Waals surface area (Å²) in [5.74, 6) is -0.122. The van der Waals surface area contributed by atoms with Crippen molar-refractivity contribution < 1.29 is 23.8 Å². The molecule has 1 fully saturated rings. The number of rotatable bonds is 5. The second-order valence-corrected chi connectivity index (χ2v) is 6.39. The lowest BCUT2D eigenvalue weighted by atomic mass is 10.2. The van der Waals surface area contributed by atoms with E-state index in [-0.39, 0.29) is 16.5 Å². The molecule has 138 valence electrons. The molecule has 0 aromatic heterocycles. The SMILES string of the molecule is COc1cc(C(=O)O[C@@H](C)C(=O)N2CCCCCC2)cc(Cl)c1OC. The van der Waals surface area contributed by atoms with Crippen LogP contribution in [-0.4, -0.2) is 50.2 Å². The number of esters is 1. The summed E-state index contributed by atoms with van der Waals surface area (Å²) in [6.45, 7) is 3.01. The van der Waals surface area contributed by atoms with Gasteiger partial charge in [-0.3, -0.25) is 4.79 Å². The zero-order chi connectivity index (χ0) is 18.4. The summed E-state index contributed by atoms with van der Waals surface area (Å²) in [4.78, 5) is 26.6. The molecule has 6 nitrogen and oxygen atoms in total. The lowest BCUT2D eigenvalue weighted by molar-refractivity contribution is -0.139. The average molecular weight is 370 g/mol. The topological polar surface area (TPSA) is 65.1 Å². The van der Waals surface area contributed by atoms with Crippen LogP contribution in [0.15, 0.2) is 12.1 Å². The first-order chi connectivity index (χ1) is 12.0. The van der Waals surface area contributed by atoms with Crippen molar-refractivity contribution in [3.05, 3.63) is 22.7 Å². The van der Waals surface area contributed by atoms with Crippen LogP contribution in [0.1, 0.15) is 43.0 Å². The van der Waals surface area contributed by atoms with Crippen molar-refractivity contribution in [2.45, 2.75) is 38.7 Å². The lowest BCUT2D eigenvalue weighted by Gasteiger charge is -2.24. The van der Waals surface area contributed by atoms with Crippen molar-refractivity contribution in [3.8, 4) is 11.5 Å². The fourth-order valence-corrected chi connectivity index (χ4v) is 3.15. The summed E-state index contributed by atoms with van der Waals surface area (Å²) in [6, 6.07) is 2.92. The van der Waals surface area contributed by atoms with Crippen LogP contribution in [0.4, 0.5) is 0 Å². The van der Waals surface area contributed by atoms with Crippen LogP contribution in [-0.2, 0) is 9.53 Å². The van der Waals surface area contributed by atoms with Crippen molar-refractivity contribution in [1.82, 2.24) is 4.90 Å². The van der Waals surface area contributed by atoms with E-state index in [0.29, 0.717) is 24.6 Å². The highest BCUT2D eigenvalue weighted by atomic mass is 35.5. The molecule has 0 bridgehead atoms. The molecule has 2 rings (SSSR count). The molecule has 1 aliphatic rings. The average Bonchev–Trinajstić information content (AvgIpc) is 2.89. The Morgan fingerprint density at radius 2 is 1.72 bits per heavy atom. The number of carbonyl (C=O) groups is 2. The molecule has 7 heteroatoms. The minimum absolute atomic E-state index is 0.165. The van der Waals surface area contributed by atoms with Gasteiger partial charge in [-0.05, 0) is 31.9 Å². The van der Waals surface area contributed by atoms with E-state index in [4.69, 9.17) is 25.8 Å². The zero-order valence-corrected chi connectivity index (χ0v) is 15.6. The summed E-state index contributed by atoms with van der Waals surface area (Å²) in [6.07, 6.45) is 3.37. The van der Waals surface area contributed by atoms with Gasteiger partial charge in [-0.2, -0.15) is 0 Å². The first kappa shape index (κ1) is 19.4. The van der Waals surface area contributed by atoms with Gasteiger partial charge in [0.25, 0.3) is 5.91 Å². The number of amides is 1. The maximum atomic E-state index is 12.5. The number of likely N-dealkylation sites (tertiary alicyclic amines) is 1. The van der Waals surface area contributed by atoms with Crippen LogP contribution in [0, 0.1) is 0 Å². The van der Waals surface area contributed by atoms with E-state index in [1.165, 1.54) is 26.4 Å². The number of carbonyl (C=O) groups excluding carboxylic acids is 2. The maximum absolute atomic E-state index is 12.5. The first-order valence-corrected chi connectivity index (χ1v) is 8.77. The Kier molecular flexibility index (Phi) is 6.93. The molecule has 0 radical (unpaired) electrons. The highest BCUT2D eigenvalue weighted by molar-refractivity contribution is 6.32. The molecule has 0 unspecified atom stereocenters. The summed E-state index contributed by atoms with van der Waals surface area (Å²) < 4.78 is 15.7. The molecule has 25 heavy (non-hydrogen) atoms. The van der Waals surface area contributed by atoms with Crippen molar-refractivity contribution in [3.63, 3.8) is 0 Å². The van der Waals surface area contributed by atoms with Crippen molar-refractivity contribution in [1.29, 1.82) is 0 Å². The summed E-state index contributed by atoms with van der Waals surface area (Å²) >= 11 is 6.11. The number of ether oxygens (including phenoxy) is 3. The highest BCUT2D eigenvalue weighted by Gasteiger charge is 2.26. The molecular weight excluding hydrogens is 346 g/mol. The van der Waals surface area contributed by atoms with Crippen LogP contribution in [0.3, 0.4) is 0 Å². The Bertz CT molecular complexity index is 626. The molecule has 1 saturated heterocycles. The molecule has 1 aliphatic heterocycles. The maximum Gasteiger partial charge on any atom is 0.339 e. The van der Waals surface area contributed by atoms with Gasteiger partial charge in [-0.1, -0.05) is 24.4 Å². The van der Waals surface area contributed by atoms with Crippen LogP contribution < -0.4 is 9.47 Å². The monoisotopic (exact) mass is 369 g/mol. The fourth-order valence-electron chi connectivity index (χ4n) is 2.86. The van der Waals surface area contributed by atoms with Gasteiger partial charge in [-0.25, -0.2) is 4.79 Å². The smallest absolute Gasteiger partial charge is 0.339 e. The van der Waals surface area contributed by atoms with Gasteiger partial charge >= 0.3 is 5.97 Å². The molecule has 0 saturated carbocycles. The number of hydrogen-bond donors (Lipinski definition) is 0. The quantitative estimate of drug-likeness (QED) is 0.745. The third-order valence-corrected chi connectivity index (χ3v) is 4.50. The largest absolute Gasteiger partial charge is 0.493 e. The van der Waals surface area contributed by atoms with Gasteiger partial charge in [0.15, 0.2) is 17.6 Å². The van der Waals surface area contributed by atoms with Gasteiger partial charge in [0.1, 0.15) is 0 Å². The highest BCUT2D eigenvalue weighted by Crippen LogP contribution is 2.36. The van der Waals surface area contributed by atoms with E-state index in [1.807, 2.05) is 0 Å². The number of methoxy groups -OCH3 is 2. The van der Waals surface area contributed by atoms with Gasteiger partial charge < -0.3 is 19.1 Å². The van der Waals surface area contributed by atoms with Crippen LogP contribution in [0.2, 0.25) is 5.02 Å². The minimum atomic E-state index is -0.850. The lowest BCUT2D eigenvalue weighted by Crippen LogP contribution is -2.40. The second-order valence-electron chi connectivity index (χ2n) is 5.98. The second kappa shape index (κ2) is 8.94. The number of hydrogen-bond acceptors (Lipinski definition) is 5. The van der Waals surface area contributed by atoms with E-state index < -0.39 is 12.1 Å². The third kappa shape index (κ3) is 4.78. The standard InChI is InChI=1S/C18H24ClNO5/c1-12(17(21)20-8-6-4-5-7-9-20)25-18(22)13-10-14(19)16(24-3)15(11-13)23-2/h10-12H,4-9H2,1-3H3/t12-/m0/s1. The van der Waals surface area contributed by atoms with Gasteiger partial charge in [-0.15, -0.1) is 0 Å². The Labute approximate surface area is 153 Å². The molecular formula is C18H24ClNO5. The molecule has 1 aromatic rings.